The van der Waals surface area contributed by atoms with Crippen molar-refractivity contribution in [3.05, 3.63) is 47.9 Å². The third-order valence-electron chi connectivity index (χ3n) is 4.18. The molecule has 1 aromatic heterocycles. The first-order valence-corrected chi connectivity index (χ1v) is 7.23. The molecule has 1 saturated carbocycles. The monoisotopic (exact) mass is 301 g/mol. The molecule has 1 aromatic carbocycles. The van der Waals surface area contributed by atoms with E-state index in [0.717, 1.165) is 18.4 Å². The Morgan fingerprint density at radius 1 is 1.23 bits per heavy atom. The molecule has 5 nitrogen and oxygen atoms in total. The Morgan fingerprint density at radius 2 is 2.00 bits per heavy atom. The van der Waals surface area contributed by atoms with Crippen LogP contribution in [0.4, 0.5) is 0 Å². The van der Waals surface area contributed by atoms with Gasteiger partial charge < -0.3 is 19.2 Å². The number of hydrogen-bond donors (Lipinski definition) is 1. The zero-order valence-electron chi connectivity index (χ0n) is 12.7. The Kier molecular flexibility index (Phi) is 3.79. The van der Waals surface area contributed by atoms with Crippen LogP contribution in [0.1, 0.15) is 29.0 Å². The van der Waals surface area contributed by atoms with Crippen LogP contribution in [0.2, 0.25) is 0 Å². The lowest BCUT2D eigenvalue weighted by molar-refractivity contribution is 0.0922. The van der Waals surface area contributed by atoms with Crippen LogP contribution in [0.25, 0.3) is 0 Å². The van der Waals surface area contributed by atoms with Gasteiger partial charge in [0.15, 0.2) is 17.3 Å². The van der Waals surface area contributed by atoms with Crippen LogP contribution in [0, 0.1) is 0 Å². The molecule has 1 aliphatic rings. The number of carbonyl (C=O) groups is 1. The van der Waals surface area contributed by atoms with Crippen molar-refractivity contribution < 1.29 is 18.7 Å². The predicted molar refractivity (Wildman–Crippen MR) is 81.5 cm³/mol. The van der Waals surface area contributed by atoms with Crippen LogP contribution in [-0.2, 0) is 5.41 Å². The molecule has 0 bridgehead atoms. The molecule has 0 aliphatic heterocycles. The molecular formula is C17H19NO4. The minimum Gasteiger partial charge on any atom is -0.493 e. The van der Waals surface area contributed by atoms with E-state index in [4.69, 9.17) is 13.9 Å². The van der Waals surface area contributed by atoms with Gasteiger partial charge in [-0.15, -0.1) is 0 Å². The Bertz CT molecular complexity index is 659. The lowest BCUT2D eigenvalue weighted by Gasteiger charge is -2.18. The van der Waals surface area contributed by atoms with Crippen molar-refractivity contribution in [1.29, 1.82) is 0 Å². The zero-order chi connectivity index (χ0) is 15.6. The quantitative estimate of drug-likeness (QED) is 0.891. The first-order valence-electron chi connectivity index (χ1n) is 7.23. The molecular weight excluding hydrogens is 282 g/mol. The topological polar surface area (TPSA) is 60.7 Å². The van der Waals surface area contributed by atoms with Gasteiger partial charge in [0, 0.05) is 12.0 Å². The summed E-state index contributed by atoms with van der Waals surface area (Å²) >= 11 is 0. The highest BCUT2D eigenvalue weighted by Gasteiger charge is 2.44. The Labute approximate surface area is 129 Å². The summed E-state index contributed by atoms with van der Waals surface area (Å²) in [5.41, 5.74) is 1.15. The highest BCUT2D eigenvalue weighted by atomic mass is 16.5. The summed E-state index contributed by atoms with van der Waals surface area (Å²) in [6, 6.07) is 9.29. The van der Waals surface area contributed by atoms with Crippen LogP contribution in [-0.4, -0.2) is 26.7 Å². The third-order valence-corrected chi connectivity index (χ3v) is 4.18. The maximum Gasteiger partial charge on any atom is 0.287 e. The molecule has 22 heavy (non-hydrogen) atoms. The van der Waals surface area contributed by atoms with Crippen molar-refractivity contribution >= 4 is 5.91 Å². The second-order valence-corrected chi connectivity index (χ2v) is 5.51. The highest BCUT2D eigenvalue weighted by Crippen LogP contribution is 2.49. The number of methoxy groups -OCH3 is 2. The van der Waals surface area contributed by atoms with Crippen LogP contribution in [0.5, 0.6) is 11.5 Å². The molecule has 1 fully saturated rings. The lowest BCUT2D eigenvalue weighted by atomic mass is 9.95. The molecule has 0 radical (unpaired) electrons. The normalized spacial score (nSPS) is 15.2. The number of carbonyl (C=O) groups excluding carboxylic acids is 1. The number of amides is 1. The molecule has 0 spiro atoms. The van der Waals surface area contributed by atoms with Gasteiger partial charge in [0.25, 0.3) is 5.91 Å². The van der Waals surface area contributed by atoms with Gasteiger partial charge in [-0.1, -0.05) is 6.07 Å². The van der Waals surface area contributed by atoms with Crippen molar-refractivity contribution in [1.82, 2.24) is 5.32 Å². The number of rotatable bonds is 6. The number of benzene rings is 1. The summed E-state index contributed by atoms with van der Waals surface area (Å²) < 4.78 is 15.7. The Morgan fingerprint density at radius 3 is 2.59 bits per heavy atom. The molecule has 0 saturated heterocycles. The number of furan rings is 1. The van der Waals surface area contributed by atoms with Crippen molar-refractivity contribution in [2.24, 2.45) is 0 Å². The minimum absolute atomic E-state index is 0.0121. The SMILES string of the molecule is COc1ccc(C2(CNC(=O)c3ccco3)CC2)cc1OC. The first kappa shape index (κ1) is 14.5. The number of nitrogens with one attached hydrogen (secondary N) is 1. The molecule has 1 aliphatic carbocycles. The van der Waals surface area contributed by atoms with E-state index in [9.17, 15) is 4.79 Å². The van der Waals surface area contributed by atoms with Gasteiger partial charge in [0.2, 0.25) is 0 Å². The summed E-state index contributed by atoms with van der Waals surface area (Å²) in [6.45, 7) is 0.585. The van der Waals surface area contributed by atoms with Gasteiger partial charge in [-0.05, 0) is 42.7 Å². The minimum atomic E-state index is -0.184. The third kappa shape index (κ3) is 2.66. The Balaban J connectivity index is 1.72. The molecule has 5 heteroatoms. The summed E-state index contributed by atoms with van der Waals surface area (Å²) in [7, 11) is 3.24. The fraction of sp³-hybridized carbons (Fsp3) is 0.353. The van der Waals surface area contributed by atoms with E-state index in [2.05, 4.69) is 5.32 Å². The molecule has 116 valence electrons. The van der Waals surface area contributed by atoms with Gasteiger partial charge in [-0.2, -0.15) is 0 Å². The molecule has 1 amide bonds. The first-order chi connectivity index (χ1) is 10.7. The number of ether oxygens (including phenoxy) is 2. The van der Waals surface area contributed by atoms with Crippen molar-refractivity contribution in [3.8, 4) is 11.5 Å². The summed E-state index contributed by atoms with van der Waals surface area (Å²) in [5, 5.41) is 2.95. The summed E-state index contributed by atoms with van der Waals surface area (Å²) in [6.07, 6.45) is 3.58. The van der Waals surface area contributed by atoms with Gasteiger partial charge in [-0.25, -0.2) is 0 Å². The average Bonchev–Trinajstić information content (AvgIpc) is 3.15. The van der Waals surface area contributed by atoms with Crippen molar-refractivity contribution in [2.75, 3.05) is 20.8 Å². The van der Waals surface area contributed by atoms with Gasteiger partial charge in [0.1, 0.15) is 0 Å². The molecule has 1 heterocycles. The van der Waals surface area contributed by atoms with Crippen molar-refractivity contribution in [3.63, 3.8) is 0 Å². The van der Waals surface area contributed by atoms with Crippen LogP contribution < -0.4 is 14.8 Å². The van der Waals surface area contributed by atoms with E-state index >= 15 is 0 Å². The maximum absolute atomic E-state index is 12.0. The van der Waals surface area contributed by atoms with E-state index in [1.165, 1.54) is 6.26 Å². The van der Waals surface area contributed by atoms with E-state index < -0.39 is 0 Å². The van der Waals surface area contributed by atoms with Gasteiger partial charge >= 0.3 is 0 Å². The lowest BCUT2D eigenvalue weighted by Crippen LogP contribution is -2.32. The Hall–Kier alpha value is -2.43. The largest absolute Gasteiger partial charge is 0.493 e. The fourth-order valence-corrected chi connectivity index (χ4v) is 2.63. The van der Waals surface area contributed by atoms with Crippen molar-refractivity contribution in [2.45, 2.75) is 18.3 Å². The van der Waals surface area contributed by atoms with E-state index in [1.807, 2.05) is 18.2 Å². The maximum atomic E-state index is 12.0. The van der Waals surface area contributed by atoms with Gasteiger partial charge in [-0.3, -0.25) is 4.79 Å². The second-order valence-electron chi connectivity index (χ2n) is 5.51. The highest BCUT2D eigenvalue weighted by molar-refractivity contribution is 5.91. The predicted octanol–water partition coefficient (Wildman–Crippen LogP) is 2.76. The van der Waals surface area contributed by atoms with Crippen LogP contribution in [0.3, 0.4) is 0 Å². The van der Waals surface area contributed by atoms with E-state index in [-0.39, 0.29) is 11.3 Å². The molecule has 2 aromatic rings. The average molecular weight is 301 g/mol. The van der Waals surface area contributed by atoms with E-state index in [0.29, 0.717) is 23.8 Å². The standard InChI is InChI=1S/C17H19NO4/c1-20-13-6-5-12(10-15(13)21-2)17(7-8-17)11-18-16(19)14-4-3-9-22-14/h3-6,9-10H,7-8,11H2,1-2H3,(H,18,19). The zero-order valence-corrected chi connectivity index (χ0v) is 12.7. The number of hydrogen-bond acceptors (Lipinski definition) is 4. The smallest absolute Gasteiger partial charge is 0.287 e. The fourth-order valence-electron chi connectivity index (χ4n) is 2.63. The molecule has 0 unspecified atom stereocenters. The van der Waals surface area contributed by atoms with E-state index in [1.54, 1.807) is 26.4 Å². The van der Waals surface area contributed by atoms with Crippen LogP contribution in [0.15, 0.2) is 41.0 Å². The van der Waals surface area contributed by atoms with Gasteiger partial charge in [0.05, 0.1) is 20.5 Å². The van der Waals surface area contributed by atoms with Crippen LogP contribution >= 0.6 is 0 Å². The second kappa shape index (κ2) is 5.75. The molecule has 0 atom stereocenters. The molecule has 1 N–H and O–H groups in total. The summed E-state index contributed by atoms with van der Waals surface area (Å²) in [5.74, 6) is 1.57. The molecule has 3 rings (SSSR count). The summed E-state index contributed by atoms with van der Waals surface area (Å²) in [4.78, 5) is 12.0.